The summed E-state index contributed by atoms with van der Waals surface area (Å²) in [4.78, 5) is 20.2. The molecular formula is C14H14F3N3O5. The third-order valence-electron chi connectivity index (χ3n) is 2.53. The second kappa shape index (κ2) is 8.57. The zero-order valence-electron chi connectivity index (χ0n) is 12.6. The molecule has 2 rings (SSSR count). The molecule has 1 aromatic carbocycles. The van der Waals surface area contributed by atoms with E-state index >= 15 is 0 Å². The van der Waals surface area contributed by atoms with Crippen molar-refractivity contribution in [1.29, 1.82) is 5.41 Å². The van der Waals surface area contributed by atoms with Crippen LogP contribution in [0.1, 0.15) is 0 Å². The van der Waals surface area contributed by atoms with E-state index in [0.29, 0.717) is 24.5 Å². The van der Waals surface area contributed by atoms with Gasteiger partial charge in [0.15, 0.2) is 5.96 Å². The lowest BCUT2D eigenvalue weighted by Crippen LogP contribution is -2.33. The molecule has 1 aromatic heterocycles. The van der Waals surface area contributed by atoms with Gasteiger partial charge in [0.2, 0.25) is 0 Å². The first-order valence-corrected chi connectivity index (χ1v) is 6.65. The van der Waals surface area contributed by atoms with Crippen LogP contribution < -0.4 is 21.4 Å². The number of carboxylic acid groups (broad SMARTS) is 1. The molecule has 8 nitrogen and oxygen atoms in total. The fraction of sp³-hybridized carbons (Fsp3) is 0.214. The molecule has 0 radical (unpaired) electrons. The zero-order chi connectivity index (χ0) is 19.0. The van der Waals surface area contributed by atoms with Gasteiger partial charge in [0, 0.05) is 0 Å². The van der Waals surface area contributed by atoms with Gasteiger partial charge in [-0.05, 0) is 12.1 Å². The van der Waals surface area contributed by atoms with Crippen molar-refractivity contribution in [3.05, 3.63) is 40.8 Å². The van der Waals surface area contributed by atoms with Crippen molar-refractivity contribution in [2.45, 2.75) is 6.18 Å². The number of alkyl halides is 3. The summed E-state index contributed by atoms with van der Waals surface area (Å²) in [6.45, 7) is 0.691. The summed E-state index contributed by atoms with van der Waals surface area (Å²) in [5.74, 6) is -2.41. The number of rotatable bonds is 4. The number of nitrogens with two attached hydrogens (primary N) is 1. The first kappa shape index (κ1) is 19.8. The van der Waals surface area contributed by atoms with Crippen molar-refractivity contribution in [3.8, 4) is 5.75 Å². The van der Waals surface area contributed by atoms with Crippen molar-refractivity contribution in [2.24, 2.45) is 5.73 Å². The number of guanidine groups is 1. The van der Waals surface area contributed by atoms with Gasteiger partial charge in [0.25, 0.3) is 0 Å². The third kappa shape index (κ3) is 6.81. The van der Waals surface area contributed by atoms with Crippen LogP contribution in [-0.2, 0) is 4.79 Å². The summed E-state index contributed by atoms with van der Waals surface area (Å²) in [6, 6.07) is 8.44. The van der Waals surface area contributed by atoms with E-state index in [4.69, 9.17) is 30.2 Å². The Morgan fingerprint density at radius 1 is 1.36 bits per heavy atom. The van der Waals surface area contributed by atoms with Crippen LogP contribution in [0.2, 0.25) is 0 Å². The zero-order valence-corrected chi connectivity index (χ0v) is 12.6. The van der Waals surface area contributed by atoms with Crippen molar-refractivity contribution < 1.29 is 32.2 Å². The normalized spacial score (nSPS) is 10.5. The molecule has 136 valence electrons. The molecule has 0 aliphatic rings. The van der Waals surface area contributed by atoms with Crippen molar-refractivity contribution >= 4 is 22.9 Å². The number of carbonyl (C=O) groups is 1. The van der Waals surface area contributed by atoms with Gasteiger partial charge in [0.05, 0.1) is 18.0 Å². The molecule has 0 bridgehead atoms. The largest absolute Gasteiger partial charge is 0.491 e. The fourth-order valence-electron chi connectivity index (χ4n) is 1.55. The number of hydrogen-bond acceptors (Lipinski definition) is 5. The van der Waals surface area contributed by atoms with Crippen molar-refractivity contribution in [2.75, 3.05) is 13.2 Å². The molecule has 0 atom stereocenters. The molecule has 2 aromatic rings. The second-order valence-corrected chi connectivity index (χ2v) is 4.42. The summed E-state index contributed by atoms with van der Waals surface area (Å²) in [5, 5.41) is 17.5. The van der Waals surface area contributed by atoms with Crippen LogP contribution >= 0.6 is 0 Å². The van der Waals surface area contributed by atoms with E-state index in [0.717, 1.165) is 5.39 Å². The highest BCUT2D eigenvalue weighted by molar-refractivity contribution is 5.82. The molecular weight excluding hydrogens is 347 g/mol. The van der Waals surface area contributed by atoms with E-state index in [9.17, 15) is 18.0 Å². The Balaban J connectivity index is 0.000000381. The van der Waals surface area contributed by atoms with E-state index in [1.54, 1.807) is 12.1 Å². The van der Waals surface area contributed by atoms with Crippen LogP contribution in [0.15, 0.2) is 39.5 Å². The third-order valence-corrected chi connectivity index (χ3v) is 2.53. The first-order valence-electron chi connectivity index (χ1n) is 6.65. The van der Waals surface area contributed by atoms with Crippen LogP contribution in [-0.4, -0.2) is 36.4 Å². The molecule has 0 saturated carbocycles. The minimum atomic E-state index is -5.08. The van der Waals surface area contributed by atoms with E-state index < -0.39 is 17.8 Å². The first-order chi connectivity index (χ1) is 11.6. The Morgan fingerprint density at radius 2 is 1.96 bits per heavy atom. The monoisotopic (exact) mass is 361 g/mol. The maximum absolute atomic E-state index is 11.3. The molecule has 0 aliphatic carbocycles. The van der Waals surface area contributed by atoms with Crippen molar-refractivity contribution in [3.63, 3.8) is 0 Å². The Kier molecular flexibility index (Phi) is 6.79. The van der Waals surface area contributed by atoms with Gasteiger partial charge in [-0.25, -0.2) is 9.59 Å². The number of benzene rings is 1. The number of hydrogen-bond donors (Lipinski definition) is 4. The molecule has 0 fully saturated rings. The van der Waals surface area contributed by atoms with Crippen LogP contribution in [0.25, 0.3) is 11.0 Å². The van der Waals surface area contributed by atoms with Gasteiger partial charge in [-0.2, -0.15) is 13.2 Å². The van der Waals surface area contributed by atoms with Gasteiger partial charge >= 0.3 is 17.8 Å². The lowest BCUT2D eigenvalue weighted by molar-refractivity contribution is -0.192. The molecule has 0 saturated heterocycles. The number of para-hydroxylation sites is 1. The average molecular weight is 361 g/mol. The van der Waals surface area contributed by atoms with Gasteiger partial charge in [-0.3, -0.25) is 5.41 Å². The maximum Gasteiger partial charge on any atom is 0.490 e. The highest BCUT2D eigenvalue weighted by Gasteiger charge is 2.38. The quantitative estimate of drug-likeness (QED) is 0.278. The fourth-order valence-corrected chi connectivity index (χ4v) is 1.55. The lowest BCUT2D eigenvalue weighted by Gasteiger charge is -2.08. The van der Waals surface area contributed by atoms with Crippen LogP contribution in [0.4, 0.5) is 13.2 Å². The second-order valence-electron chi connectivity index (χ2n) is 4.42. The molecule has 5 N–H and O–H groups in total. The summed E-state index contributed by atoms with van der Waals surface area (Å²) in [6.07, 6.45) is -5.08. The molecule has 0 unspecified atom stereocenters. The van der Waals surface area contributed by atoms with Gasteiger partial charge in [0.1, 0.15) is 17.9 Å². The van der Waals surface area contributed by atoms with E-state index in [1.807, 2.05) is 12.1 Å². The summed E-state index contributed by atoms with van der Waals surface area (Å²) in [7, 11) is 0. The SMILES string of the molecule is N=C(N)NCCOc1cc(=O)oc2ccccc12.O=C(O)C(F)(F)F. The maximum atomic E-state index is 11.3. The minimum Gasteiger partial charge on any atom is -0.491 e. The number of aliphatic carboxylic acids is 1. The molecule has 25 heavy (non-hydrogen) atoms. The van der Waals surface area contributed by atoms with Gasteiger partial charge in [-0.15, -0.1) is 0 Å². The number of ether oxygens (including phenoxy) is 1. The molecule has 0 aliphatic heterocycles. The van der Waals surface area contributed by atoms with E-state index in [2.05, 4.69) is 5.32 Å². The predicted octanol–water partition coefficient (Wildman–Crippen LogP) is 1.29. The van der Waals surface area contributed by atoms with E-state index in [-0.39, 0.29) is 5.96 Å². The van der Waals surface area contributed by atoms with Crippen molar-refractivity contribution in [1.82, 2.24) is 5.32 Å². The predicted molar refractivity (Wildman–Crippen MR) is 81.6 cm³/mol. The number of carboxylic acids is 1. The van der Waals surface area contributed by atoms with Gasteiger partial charge in [-0.1, -0.05) is 12.1 Å². The van der Waals surface area contributed by atoms with Crippen LogP contribution in [0.5, 0.6) is 5.75 Å². The summed E-state index contributed by atoms with van der Waals surface area (Å²) in [5.41, 5.74) is 5.17. The number of fused-ring (bicyclic) bond motifs is 1. The van der Waals surface area contributed by atoms with Gasteiger partial charge < -0.3 is 25.3 Å². The lowest BCUT2D eigenvalue weighted by atomic mass is 10.2. The molecule has 1 heterocycles. The molecule has 0 spiro atoms. The Morgan fingerprint density at radius 3 is 2.52 bits per heavy atom. The van der Waals surface area contributed by atoms with Crippen LogP contribution in [0, 0.1) is 5.41 Å². The smallest absolute Gasteiger partial charge is 0.490 e. The topological polar surface area (TPSA) is 139 Å². The average Bonchev–Trinajstić information content (AvgIpc) is 2.50. The number of halogens is 3. The summed E-state index contributed by atoms with van der Waals surface area (Å²) < 4.78 is 42.3. The standard InChI is InChI=1S/C12H13N3O3.C2HF3O2/c13-12(14)15-5-6-17-10-7-11(16)18-9-4-2-1-3-8(9)10;3-2(4,5)1(6)7/h1-4,7H,5-6H2,(H4,13,14,15);(H,6,7). The highest BCUT2D eigenvalue weighted by atomic mass is 19.4. The Labute approximate surface area is 138 Å². The minimum absolute atomic E-state index is 0.115. The molecule has 0 amide bonds. The molecule has 11 heteroatoms. The van der Waals surface area contributed by atoms with E-state index in [1.165, 1.54) is 6.07 Å². The summed E-state index contributed by atoms with van der Waals surface area (Å²) >= 11 is 0. The number of nitrogens with one attached hydrogen (secondary N) is 2. The Bertz CT molecular complexity index is 804. The van der Waals surface area contributed by atoms with Crippen LogP contribution in [0.3, 0.4) is 0 Å². The highest BCUT2D eigenvalue weighted by Crippen LogP contribution is 2.22. The Hall–Kier alpha value is -3.24.